The average Bonchev–Trinajstić information content (AvgIpc) is 3.48. The van der Waals surface area contributed by atoms with E-state index in [2.05, 4.69) is 56.4 Å². The highest BCUT2D eigenvalue weighted by Crippen LogP contribution is 2.25. The van der Waals surface area contributed by atoms with Gasteiger partial charge in [-0.15, -0.1) is 11.3 Å². The van der Waals surface area contributed by atoms with Gasteiger partial charge in [-0.25, -0.2) is 4.98 Å². The summed E-state index contributed by atoms with van der Waals surface area (Å²) in [4.78, 5) is 25.6. The predicted molar refractivity (Wildman–Crippen MR) is 132 cm³/mol. The van der Waals surface area contributed by atoms with Gasteiger partial charge >= 0.3 is 0 Å². The largest absolute Gasteiger partial charge is 0.339 e. The fraction of sp³-hybridized carbons (Fsp3) is 0.0385. The Morgan fingerprint density at radius 3 is 2.39 bits per heavy atom. The third kappa shape index (κ3) is 4.40. The van der Waals surface area contributed by atoms with Gasteiger partial charge in [0.15, 0.2) is 16.3 Å². The molecule has 5 aromatic rings. The Labute approximate surface area is 194 Å². The monoisotopic (exact) mass is 451 g/mol. The molecule has 0 bridgehead atoms. The van der Waals surface area contributed by atoms with Crippen LogP contribution in [0.1, 0.15) is 16.1 Å². The number of aromatic nitrogens is 3. The Kier molecular flexibility index (Phi) is 5.70. The van der Waals surface area contributed by atoms with Crippen molar-refractivity contribution in [3.8, 4) is 16.9 Å². The molecule has 1 amide bonds. The number of amides is 1. The van der Waals surface area contributed by atoms with E-state index in [0.29, 0.717) is 17.2 Å². The van der Waals surface area contributed by atoms with E-state index < -0.39 is 0 Å². The fourth-order valence-corrected chi connectivity index (χ4v) is 4.39. The van der Waals surface area contributed by atoms with Crippen LogP contribution in [0.4, 0.5) is 11.5 Å². The maximum absolute atomic E-state index is 12.9. The van der Waals surface area contributed by atoms with Crippen molar-refractivity contribution >= 4 is 28.7 Å². The van der Waals surface area contributed by atoms with E-state index in [0.717, 1.165) is 21.7 Å². The Bertz CT molecular complexity index is 1450. The number of H-pyrrole nitrogens is 1. The molecule has 0 aliphatic carbocycles. The van der Waals surface area contributed by atoms with E-state index >= 15 is 0 Å². The molecule has 6 nitrogen and oxygen atoms in total. The lowest BCUT2D eigenvalue weighted by Crippen LogP contribution is -2.15. The van der Waals surface area contributed by atoms with Crippen molar-refractivity contribution in [3.05, 3.63) is 113 Å². The smallest absolute Gasteiger partial charge is 0.276 e. The molecule has 3 aromatic carbocycles. The number of benzene rings is 3. The first-order valence-electron chi connectivity index (χ1n) is 10.5. The second-order valence-corrected chi connectivity index (χ2v) is 8.31. The first-order valence-corrected chi connectivity index (χ1v) is 11.3. The minimum Gasteiger partial charge on any atom is -0.339 e. The van der Waals surface area contributed by atoms with Crippen molar-refractivity contribution in [1.82, 2.24) is 14.5 Å². The van der Waals surface area contributed by atoms with Gasteiger partial charge in [0.1, 0.15) is 0 Å². The van der Waals surface area contributed by atoms with Crippen molar-refractivity contribution in [3.63, 3.8) is 0 Å². The third-order valence-electron chi connectivity index (χ3n) is 5.15. The van der Waals surface area contributed by atoms with Gasteiger partial charge in [-0.3, -0.25) is 9.36 Å². The quantitative estimate of drug-likeness (QED) is 0.358. The summed E-state index contributed by atoms with van der Waals surface area (Å²) in [5, 5.41) is 4.96. The summed E-state index contributed by atoms with van der Waals surface area (Å²) < 4.78 is 2.09. The molecule has 0 aliphatic rings. The summed E-state index contributed by atoms with van der Waals surface area (Å²) in [5.74, 6) is 0.0458. The van der Waals surface area contributed by atoms with Gasteiger partial charge in [0.25, 0.3) is 5.91 Å². The molecular weight excluding hydrogens is 430 g/mol. The van der Waals surface area contributed by atoms with Crippen LogP contribution in [0.3, 0.4) is 0 Å². The molecule has 0 spiro atoms. The lowest BCUT2D eigenvalue weighted by Gasteiger charge is -2.09. The zero-order valence-electron chi connectivity index (χ0n) is 17.9. The van der Waals surface area contributed by atoms with Crippen molar-refractivity contribution < 1.29 is 4.79 Å². The Hall–Kier alpha value is -4.23. The van der Waals surface area contributed by atoms with Crippen LogP contribution in [0.15, 0.2) is 102 Å². The number of anilines is 1. The molecule has 0 unspecified atom stereocenters. The highest BCUT2D eigenvalue weighted by atomic mass is 32.1. The van der Waals surface area contributed by atoms with Crippen LogP contribution in [0.25, 0.3) is 16.9 Å². The Morgan fingerprint density at radius 1 is 0.970 bits per heavy atom. The highest BCUT2D eigenvalue weighted by molar-refractivity contribution is 7.07. The summed E-state index contributed by atoms with van der Waals surface area (Å²) in [6.45, 7) is 2.07. The van der Waals surface area contributed by atoms with Crippen LogP contribution in [0.2, 0.25) is 0 Å². The number of rotatable bonds is 5. The van der Waals surface area contributed by atoms with Gasteiger partial charge in [-0.2, -0.15) is 4.99 Å². The second kappa shape index (κ2) is 9.10. The predicted octanol–water partition coefficient (Wildman–Crippen LogP) is 5.72. The molecule has 2 N–H and O–H groups in total. The van der Waals surface area contributed by atoms with Crippen molar-refractivity contribution in [2.45, 2.75) is 6.92 Å². The van der Waals surface area contributed by atoms with Crippen LogP contribution < -0.4 is 10.1 Å². The number of thiazole rings is 1. The Morgan fingerprint density at radius 2 is 1.67 bits per heavy atom. The fourth-order valence-electron chi connectivity index (χ4n) is 3.49. The molecule has 0 aliphatic heterocycles. The van der Waals surface area contributed by atoms with Crippen LogP contribution in [-0.2, 0) is 0 Å². The first kappa shape index (κ1) is 20.7. The normalized spacial score (nSPS) is 11.5. The third-order valence-corrected chi connectivity index (χ3v) is 5.98. The molecule has 0 atom stereocenters. The van der Waals surface area contributed by atoms with Crippen molar-refractivity contribution in [2.24, 2.45) is 4.99 Å². The van der Waals surface area contributed by atoms with E-state index in [1.807, 2.05) is 60.7 Å². The molecule has 7 heteroatoms. The summed E-state index contributed by atoms with van der Waals surface area (Å²) in [6, 6.07) is 27.8. The second-order valence-electron chi connectivity index (χ2n) is 7.47. The number of aryl methyl sites for hydroxylation is 1. The molecular formula is C26H21N5OS. The number of hydrogen-bond donors (Lipinski definition) is 2. The molecule has 2 heterocycles. The summed E-state index contributed by atoms with van der Waals surface area (Å²) >= 11 is 1.50. The molecule has 0 fully saturated rings. The maximum Gasteiger partial charge on any atom is 0.276 e. The number of para-hydroxylation sites is 2. The lowest BCUT2D eigenvalue weighted by molar-refractivity contribution is 0.102. The number of nitrogens with zero attached hydrogens (tertiary/aromatic N) is 3. The van der Waals surface area contributed by atoms with Gasteiger partial charge in [-0.1, -0.05) is 66.2 Å². The SMILES string of the molecule is Cc1ccc(-c2csc(=Nc3nc[nH]c3C(=O)Nc3ccccc3)n2-c2ccccc2)cc1. The number of hydrogen-bond acceptors (Lipinski definition) is 4. The summed E-state index contributed by atoms with van der Waals surface area (Å²) in [5.41, 5.74) is 5.32. The first-order chi connectivity index (χ1) is 16.2. The van der Waals surface area contributed by atoms with E-state index in [1.54, 1.807) is 0 Å². The summed E-state index contributed by atoms with van der Waals surface area (Å²) in [7, 11) is 0. The highest BCUT2D eigenvalue weighted by Gasteiger charge is 2.16. The number of nitrogens with one attached hydrogen (secondary N) is 2. The van der Waals surface area contributed by atoms with E-state index in [4.69, 9.17) is 4.99 Å². The standard InChI is InChI=1S/C26H21N5OS/c1-18-12-14-19(15-13-18)22-16-33-26(31(22)21-10-6-3-7-11-21)30-24-23(27-17-28-24)25(32)29-20-8-4-2-5-9-20/h2-17H,1H3,(H,27,28)(H,29,32). The topological polar surface area (TPSA) is 75.1 Å². The Balaban J connectivity index is 1.59. The van der Waals surface area contributed by atoms with Crippen LogP contribution in [0.5, 0.6) is 0 Å². The van der Waals surface area contributed by atoms with E-state index in [-0.39, 0.29) is 5.91 Å². The van der Waals surface area contributed by atoms with Crippen LogP contribution >= 0.6 is 11.3 Å². The van der Waals surface area contributed by atoms with E-state index in [1.165, 1.54) is 23.2 Å². The number of carbonyl (C=O) groups excluding carboxylic acids is 1. The molecule has 5 rings (SSSR count). The number of carbonyl (C=O) groups is 1. The maximum atomic E-state index is 12.9. The molecule has 0 saturated heterocycles. The minimum absolute atomic E-state index is 0.293. The molecule has 0 radical (unpaired) electrons. The molecule has 0 saturated carbocycles. The van der Waals surface area contributed by atoms with Gasteiger partial charge in [0.05, 0.1) is 12.0 Å². The van der Waals surface area contributed by atoms with Crippen LogP contribution in [-0.4, -0.2) is 20.4 Å². The van der Waals surface area contributed by atoms with E-state index in [9.17, 15) is 4.79 Å². The number of aromatic amines is 1. The molecule has 2 aromatic heterocycles. The molecule has 162 valence electrons. The zero-order chi connectivity index (χ0) is 22.6. The van der Waals surface area contributed by atoms with Crippen LogP contribution in [0, 0.1) is 6.92 Å². The van der Waals surface area contributed by atoms with Gasteiger partial charge in [0, 0.05) is 16.8 Å². The zero-order valence-corrected chi connectivity index (χ0v) is 18.7. The minimum atomic E-state index is -0.293. The lowest BCUT2D eigenvalue weighted by atomic mass is 10.1. The van der Waals surface area contributed by atoms with Gasteiger partial charge in [0.2, 0.25) is 0 Å². The van der Waals surface area contributed by atoms with Crippen molar-refractivity contribution in [1.29, 1.82) is 0 Å². The van der Waals surface area contributed by atoms with Gasteiger partial charge < -0.3 is 10.3 Å². The number of imidazole rings is 1. The van der Waals surface area contributed by atoms with Crippen molar-refractivity contribution in [2.75, 3.05) is 5.32 Å². The average molecular weight is 452 g/mol. The van der Waals surface area contributed by atoms with Gasteiger partial charge in [-0.05, 0) is 36.8 Å². The molecule has 33 heavy (non-hydrogen) atoms. The summed E-state index contributed by atoms with van der Waals surface area (Å²) in [6.07, 6.45) is 1.49.